The van der Waals surface area contributed by atoms with E-state index in [1.54, 1.807) is 4.90 Å². The van der Waals surface area contributed by atoms with Crippen molar-refractivity contribution in [3.05, 3.63) is 0 Å². The molecule has 4 aliphatic rings. The predicted octanol–water partition coefficient (Wildman–Crippen LogP) is 0.821. The van der Waals surface area contributed by atoms with Gasteiger partial charge in [0.05, 0.1) is 5.92 Å². The highest BCUT2D eigenvalue weighted by atomic mass is 16.4. The van der Waals surface area contributed by atoms with E-state index in [2.05, 4.69) is 0 Å². The Labute approximate surface area is 94.6 Å². The highest BCUT2D eigenvalue weighted by molar-refractivity contribution is 5.82. The number of piperidine rings is 1. The first-order valence-corrected chi connectivity index (χ1v) is 6.05. The maximum Gasteiger partial charge on any atom is 0.306 e. The summed E-state index contributed by atoms with van der Waals surface area (Å²) in [6.07, 6.45) is 2.85. The number of rotatable bonds is 1. The molecule has 4 bridgehead atoms. The van der Waals surface area contributed by atoms with Crippen molar-refractivity contribution in [2.45, 2.75) is 19.3 Å². The molecule has 1 N–H and O–H groups in total. The second kappa shape index (κ2) is 3.22. The Morgan fingerprint density at radius 3 is 2.81 bits per heavy atom. The topological polar surface area (TPSA) is 57.6 Å². The van der Waals surface area contributed by atoms with E-state index >= 15 is 0 Å². The van der Waals surface area contributed by atoms with Crippen LogP contribution in [0.25, 0.3) is 0 Å². The first-order valence-electron chi connectivity index (χ1n) is 6.05. The average molecular weight is 223 g/mol. The summed E-state index contributed by atoms with van der Waals surface area (Å²) in [6.45, 7) is 0.764. The van der Waals surface area contributed by atoms with Gasteiger partial charge in [0.15, 0.2) is 0 Å². The molecule has 0 aromatic carbocycles. The van der Waals surface area contributed by atoms with Crippen LogP contribution in [0.15, 0.2) is 0 Å². The van der Waals surface area contributed by atoms with Gasteiger partial charge in [-0.1, -0.05) is 0 Å². The molecule has 4 fully saturated rings. The van der Waals surface area contributed by atoms with Gasteiger partial charge < -0.3 is 10.0 Å². The molecule has 5 unspecified atom stereocenters. The Hall–Kier alpha value is -1.06. The molecule has 4 rings (SSSR count). The number of carboxylic acid groups (broad SMARTS) is 1. The molecule has 0 aromatic heterocycles. The first-order chi connectivity index (χ1) is 7.58. The predicted molar refractivity (Wildman–Crippen MR) is 56.6 cm³/mol. The molecule has 5 atom stereocenters. The molecule has 3 saturated carbocycles. The molecule has 1 amide bonds. The molecule has 0 radical (unpaired) electrons. The van der Waals surface area contributed by atoms with Crippen LogP contribution in [0.5, 0.6) is 0 Å². The highest BCUT2D eigenvalue weighted by Gasteiger charge is 2.55. The van der Waals surface area contributed by atoms with E-state index < -0.39 is 5.97 Å². The standard InChI is InChI=1S/C12H17NO3/c1-13-5-7-2-6-3-8(11(13)14)10(7)9(4-6)12(15)16/h6-10H,2-5H2,1H3,(H,15,16). The van der Waals surface area contributed by atoms with Gasteiger partial charge in [0, 0.05) is 19.5 Å². The number of carbonyl (C=O) groups excluding carboxylic acids is 1. The second-order valence-corrected chi connectivity index (χ2v) is 5.68. The van der Waals surface area contributed by atoms with E-state index in [1.165, 1.54) is 0 Å². The zero-order chi connectivity index (χ0) is 11.4. The number of carbonyl (C=O) groups is 2. The molecular weight excluding hydrogens is 206 g/mol. The molecule has 0 aromatic rings. The normalized spacial score (nSPS) is 45.9. The summed E-state index contributed by atoms with van der Waals surface area (Å²) in [4.78, 5) is 25.1. The number of amides is 1. The van der Waals surface area contributed by atoms with Gasteiger partial charge in [-0.2, -0.15) is 0 Å². The van der Waals surface area contributed by atoms with E-state index in [4.69, 9.17) is 0 Å². The Balaban J connectivity index is 1.94. The van der Waals surface area contributed by atoms with Crippen molar-refractivity contribution in [1.29, 1.82) is 0 Å². The summed E-state index contributed by atoms with van der Waals surface area (Å²) in [5, 5.41) is 9.24. The fraction of sp³-hybridized carbons (Fsp3) is 0.833. The molecule has 4 nitrogen and oxygen atoms in total. The number of likely N-dealkylation sites (tertiary alicyclic amines) is 1. The lowest BCUT2D eigenvalue weighted by atomic mass is 9.53. The minimum atomic E-state index is -0.693. The number of carboxylic acids is 1. The third kappa shape index (κ3) is 1.22. The summed E-state index contributed by atoms with van der Waals surface area (Å²) in [5.74, 6) is 0.238. The van der Waals surface area contributed by atoms with Crippen molar-refractivity contribution in [3.63, 3.8) is 0 Å². The van der Waals surface area contributed by atoms with Gasteiger partial charge in [0.1, 0.15) is 0 Å². The van der Waals surface area contributed by atoms with Crippen LogP contribution >= 0.6 is 0 Å². The average Bonchev–Trinajstić information content (AvgIpc) is 2.25. The van der Waals surface area contributed by atoms with E-state index in [9.17, 15) is 14.7 Å². The molecule has 0 spiro atoms. The second-order valence-electron chi connectivity index (χ2n) is 5.68. The molecular formula is C12H17NO3. The third-order valence-corrected chi connectivity index (χ3v) is 4.80. The molecule has 1 aliphatic heterocycles. The third-order valence-electron chi connectivity index (χ3n) is 4.80. The fourth-order valence-electron chi connectivity index (χ4n) is 4.30. The van der Waals surface area contributed by atoms with Gasteiger partial charge >= 0.3 is 5.97 Å². The quantitative estimate of drug-likeness (QED) is 0.716. The lowest BCUT2D eigenvalue weighted by Crippen LogP contribution is -2.59. The first kappa shape index (κ1) is 10.1. The SMILES string of the molecule is CN1CC2CC3CC(C(=O)O)C2C(C3)C1=O. The van der Waals surface area contributed by atoms with Crippen molar-refractivity contribution in [1.82, 2.24) is 4.90 Å². The molecule has 3 aliphatic carbocycles. The largest absolute Gasteiger partial charge is 0.481 e. The smallest absolute Gasteiger partial charge is 0.306 e. The lowest BCUT2D eigenvalue weighted by Gasteiger charge is -2.54. The van der Waals surface area contributed by atoms with Crippen LogP contribution in [0, 0.1) is 29.6 Å². The number of hydrogen-bond donors (Lipinski definition) is 1. The Morgan fingerprint density at radius 2 is 2.12 bits per heavy atom. The number of aliphatic carboxylic acids is 1. The maximum atomic E-state index is 12.0. The summed E-state index contributed by atoms with van der Waals surface area (Å²) in [5.41, 5.74) is 0. The van der Waals surface area contributed by atoms with Gasteiger partial charge in [-0.25, -0.2) is 0 Å². The minimum Gasteiger partial charge on any atom is -0.481 e. The van der Waals surface area contributed by atoms with Crippen molar-refractivity contribution in [2.24, 2.45) is 29.6 Å². The van der Waals surface area contributed by atoms with Crippen LogP contribution in [0.4, 0.5) is 0 Å². The van der Waals surface area contributed by atoms with Gasteiger partial charge in [-0.15, -0.1) is 0 Å². The summed E-state index contributed by atoms with van der Waals surface area (Å²) >= 11 is 0. The Bertz CT molecular complexity index is 354. The maximum absolute atomic E-state index is 12.0. The zero-order valence-corrected chi connectivity index (χ0v) is 9.43. The van der Waals surface area contributed by atoms with Crippen LogP contribution in [0.2, 0.25) is 0 Å². The molecule has 16 heavy (non-hydrogen) atoms. The van der Waals surface area contributed by atoms with Crippen LogP contribution in [-0.2, 0) is 9.59 Å². The minimum absolute atomic E-state index is 0.00245. The van der Waals surface area contributed by atoms with E-state index in [-0.39, 0.29) is 23.7 Å². The van der Waals surface area contributed by atoms with E-state index in [0.717, 1.165) is 25.8 Å². The van der Waals surface area contributed by atoms with Gasteiger partial charge in [-0.3, -0.25) is 9.59 Å². The fourth-order valence-corrected chi connectivity index (χ4v) is 4.30. The highest BCUT2D eigenvalue weighted by Crippen LogP contribution is 2.54. The van der Waals surface area contributed by atoms with Crippen molar-refractivity contribution < 1.29 is 14.7 Å². The molecule has 4 heteroatoms. The molecule has 1 saturated heterocycles. The van der Waals surface area contributed by atoms with Gasteiger partial charge in [-0.05, 0) is 37.0 Å². The Kier molecular flexibility index (Phi) is 2.03. The summed E-state index contributed by atoms with van der Waals surface area (Å²) in [7, 11) is 1.84. The van der Waals surface area contributed by atoms with Crippen LogP contribution in [0.1, 0.15) is 19.3 Å². The molecule has 1 heterocycles. The van der Waals surface area contributed by atoms with E-state index in [1.807, 2.05) is 7.05 Å². The van der Waals surface area contributed by atoms with Crippen LogP contribution in [-0.4, -0.2) is 35.5 Å². The molecule has 88 valence electrons. The lowest BCUT2D eigenvalue weighted by molar-refractivity contribution is -0.167. The van der Waals surface area contributed by atoms with Crippen LogP contribution in [0.3, 0.4) is 0 Å². The monoisotopic (exact) mass is 223 g/mol. The van der Waals surface area contributed by atoms with Crippen molar-refractivity contribution in [2.75, 3.05) is 13.6 Å². The van der Waals surface area contributed by atoms with Crippen molar-refractivity contribution in [3.8, 4) is 0 Å². The summed E-state index contributed by atoms with van der Waals surface area (Å²) in [6, 6.07) is 0. The summed E-state index contributed by atoms with van der Waals surface area (Å²) < 4.78 is 0. The van der Waals surface area contributed by atoms with Crippen molar-refractivity contribution >= 4 is 11.9 Å². The number of fused-ring (bicyclic) bond motifs is 1. The Morgan fingerprint density at radius 1 is 1.38 bits per heavy atom. The van der Waals surface area contributed by atoms with Crippen LogP contribution < -0.4 is 0 Å². The number of nitrogens with zero attached hydrogens (tertiary/aromatic N) is 1. The van der Waals surface area contributed by atoms with Gasteiger partial charge in [0.25, 0.3) is 0 Å². The zero-order valence-electron chi connectivity index (χ0n) is 9.43. The van der Waals surface area contributed by atoms with E-state index in [0.29, 0.717) is 11.8 Å². The van der Waals surface area contributed by atoms with Gasteiger partial charge in [0.2, 0.25) is 5.91 Å². The number of hydrogen-bond acceptors (Lipinski definition) is 2.